The van der Waals surface area contributed by atoms with E-state index in [2.05, 4.69) is 10.5 Å². The largest absolute Gasteiger partial charge is 0.409 e. The fourth-order valence-corrected chi connectivity index (χ4v) is 1.70. The molecular formula is C13H17F2N3O2. The summed E-state index contributed by atoms with van der Waals surface area (Å²) in [6, 6.07) is 2.62. The Bertz CT molecular complexity index is 518. The Morgan fingerprint density at radius 3 is 2.55 bits per heavy atom. The Morgan fingerprint density at radius 1 is 1.40 bits per heavy atom. The highest BCUT2D eigenvalue weighted by atomic mass is 19.2. The Labute approximate surface area is 115 Å². The van der Waals surface area contributed by atoms with Crippen LogP contribution in [0.2, 0.25) is 0 Å². The van der Waals surface area contributed by atoms with Gasteiger partial charge in [0.25, 0.3) is 0 Å². The van der Waals surface area contributed by atoms with Gasteiger partial charge < -0.3 is 16.3 Å². The number of rotatable bonds is 5. The molecule has 0 aromatic heterocycles. The third kappa shape index (κ3) is 4.18. The van der Waals surface area contributed by atoms with Gasteiger partial charge in [-0.15, -0.1) is 0 Å². The highest BCUT2D eigenvalue weighted by molar-refractivity contribution is 5.90. The number of carbonyl (C=O) groups excluding carboxylic acids is 1. The molecule has 1 amide bonds. The van der Waals surface area contributed by atoms with Gasteiger partial charge in [-0.1, -0.05) is 25.1 Å². The van der Waals surface area contributed by atoms with Crippen molar-refractivity contribution >= 4 is 11.7 Å². The third-order valence-electron chi connectivity index (χ3n) is 2.77. The molecule has 1 atom stereocenters. The van der Waals surface area contributed by atoms with E-state index in [4.69, 9.17) is 10.9 Å². The van der Waals surface area contributed by atoms with E-state index in [9.17, 15) is 13.6 Å². The van der Waals surface area contributed by atoms with Gasteiger partial charge in [-0.05, 0) is 23.6 Å². The molecule has 0 spiro atoms. The number of nitrogens with one attached hydrogen (secondary N) is 1. The zero-order valence-corrected chi connectivity index (χ0v) is 11.2. The maximum atomic E-state index is 13.0. The molecule has 1 aromatic rings. The smallest absolute Gasteiger partial charge is 0.225 e. The number of nitrogens with two attached hydrogens (primary N) is 1. The molecule has 1 rings (SSSR count). The van der Waals surface area contributed by atoms with Crippen LogP contribution in [0.4, 0.5) is 8.78 Å². The molecular weight excluding hydrogens is 268 g/mol. The van der Waals surface area contributed by atoms with Crippen molar-refractivity contribution in [3.05, 3.63) is 35.4 Å². The topological polar surface area (TPSA) is 87.7 Å². The number of carbonyl (C=O) groups is 1. The second-order valence-electron chi connectivity index (χ2n) is 4.74. The summed E-state index contributed by atoms with van der Waals surface area (Å²) in [4.78, 5) is 11.8. The lowest BCUT2D eigenvalue weighted by molar-refractivity contribution is -0.121. The van der Waals surface area contributed by atoms with E-state index in [0.717, 1.165) is 12.1 Å². The molecule has 1 aromatic carbocycles. The monoisotopic (exact) mass is 285 g/mol. The number of amidine groups is 1. The van der Waals surface area contributed by atoms with Gasteiger partial charge in [-0.2, -0.15) is 0 Å². The summed E-state index contributed by atoms with van der Waals surface area (Å²) < 4.78 is 25.8. The highest BCUT2D eigenvalue weighted by Gasteiger charge is 2.20. The van der Waals surface area contributed by atoms with Crippen molar-refractivity contribution in [3.63, 3.8) is 0 Å². The van der Waals surface area contributed by atoms with Gasteiger partial charge in [0, 0.05) is 0 Å². The van der Waals surface area contributed by atoms with Gasteiger partial charge in [-0.25, -0.2) is 8.78 Å². The minimum absolute atomic E-state index is 0.0835. The van der Waals surface area contributed by atoms with E-state index in [1.807, 2.05) is 0 Å². The van der Waals surface area contributed by atoms with Crippen molar-refractivity contribution in [1.29, 1.82) is 0 Å². The van der Waals surface area contributed by atoms with Crippen LogP contribution in [0.15, 0.2) is 23.4 Å². The van der Waals surface area contributed by atoms with Gasteiger partial charge in [0.15, 0.2) is 17.5 Å². The number of hydrogen-bond donors (Lipinski definition) is 3. The molecule has 0 radical (unpaired) electrons. The van der Waals surface area contributed by atoms with E-state index >= 15 is 0 Å². The number of halogens is 2. The number of nitrogens with zero attached hydrogens (tertiary/aromatic N) is 1. The molecule has 1 unspecified atom stereocenters. The molecule has 4 N–H and O–H groups in total. The van der Waals surface area contributed by atoms with Crippen LogP contribution in [0.25, 0.3) is 0 Å². The fraction of sp³-hybridized carbons (Fsp3) is 0.385. The predicted molar refractivity (Wildman–Crippen MR) is 70.2 cm³/mol. The van der Waals surface area contributed by atoms with E-state index in [-0.39, 0.29) is 18.2 Å². The van der Waals surface area contributed by atoms with E-state index in [1.165, 1.54) is 6.07 Å². The first-order valence-electron chi connectivity index (χ1n) is 6.05. The van der Waals surface area contributed by atoms with Gasteiger partial charge in [-0.3, -0.25) is 4.79 Å². The lowest BCUT2D eigenvalue weighted by atomic mass is 10.0. The standard InChI is InChI=1S/C13H17F2N3O2/c1-7(2)12(13(16)18-20)17-11(19)6-8-3-4-9(14)10(15)5-8/h3-5,7,12,20H,6H2,1-2H3,(H2,16,18)(H,17,19). The second-order valence-corrected chi connectivity index (χ2v) is 4.74. The summed E-state index contributed by atoms with van der Waals surface area (Å²) in [6.45, 7) is 3.58. The molecule has 0 heterocycles. The number of hydrogen-bond acceptors (Lipinski definition) is 3. The summed E-state index contributed by atoms with van der Waals surface area (Å²) in [5.74, 6) is -2.60. The SMILES string of the molecule is CC(C)C(NC(=O)Cc1ccc(F)c(F)c1)/C(N)=N/O. The van der Waals surface area contributed by atoms with Crippen LogP contribution in [0, 0.1) is 17.6 Å². The third-order valence-corrected chi connectivity index (χ3v) is 2.77. The van der Waals surface area contributed by atoms with Crippen molar-refractivity contribution in [3.8, 4) is 0 Å². The summed E-state index contributed by atoms with van der Waals surface area (Å²) in [6.07, 6.45) is -0.126. The van der Waals surface area contributed by atoms with Crippen LogP contribution < -0.4 is 11.1 Å². The summed E-state index contributed by atoms with van der Waals surface area (Å²) >= 11 is 0. The van der Waals surface area contributed by atoms with E-state index < -0.39 is 23.6 Å². The van der Waals surface area contributed by atoms with Crippen LogP contribution in [-0.4, -0.2) is 23.0 Å². The molecule has 5 nitrogen and oxygen atoms in total. The first-order chi connectivity index (χ1) is 9.35. The minimum Gasteiger partial charge on any atom is -0.409 e. The van der Waals surface area contributed by atoms with Crippen molar-refractivity contribution in [2.45, 2.75) is 26.3 Å². The fourth-order valence-electron chi connectivity index (χ4n) is 1.70. The zero-order valence-electron chi connectivity index (χ0n) is 11.2. The van der Waals surface area contributed by atoms with Gasteiger partial charge >= 0.3 is 0 Å². The molecule has 0 aliphatic rings. The molecule has 0 saturated carbocycles. The van der Waals surface area contributed by atoms with Crippen LogP contribution in [-0.2, 0) is 11.2 Å². The van der Waals surface area contributed by atoms with Gasteiger partial charge in [0.2, 0.25) is 5.91 Å². The normalized spacial score (nSPS) is 13.3. The lowest BCUT2D eigenvalue weighted by Crippen LogP contribution is -2.48. The molecule has 0 saturated heterocycles. The Kier molecular flexibility index (Phi) is 5.42. The van der Waals surface area contributed by atoms with Crippen molar-refractivity contribution in [2.75, 3.05) is 0 Å². The van der Waals surface area contributed by atoms with Crippen molar-refractivity contribution < 1.29 is 18.8 Å². The maximum Gasteiger partial charge on any atom is 0.225 e. The predicted octanol–water partition coefficient (Wildman–Crippen LogP) is 1.39. The Morgan fingerprint density at radius 2 is 2.05 bits per heavy atom. The number of oxime groups is 1. The maximum absolute atomic E-state index is 13.0. The van der Waals surface area contributed by atoms with Crippen LogP contribution in [0.1, 0.15) is 19.4 Å². The molecule has 0 aliphatic carbocycles. The summed E-state index contributed by atoms with van der Waals surface area (Å²) in [7, 11) is 0. The zero-order chi connectivity index (χ0) is 15.3. The van der Waals surface area contributed by atoms with Crippen LogP contribution >= 0.6 is 0 Å². The summed E-state index contributed by atoms with van der Waals surface area (Å²) in [5.41, 5.74) is 5.82. The molecule has 0 fully saturated rings. The van der Waals surface area contributed by atoms with Crippen molar-refractivity contribution in [2.24, 2.45) is 16.8 Å². The van der Waals surface area contributed by atoms with Crippen molar-refractivity contribution in [1.82, 2.24) is 5.32 Å². The lowest BCUT2D eigenvalue weighted by Gasteiger charge is -2.20. The van der Waals surface area contributed by atoms with Gasteiger partial charge in [0.1, 0.15) is 0 Å². The Hall–Kier alpha value is -2.18. The van der Waals surface area contributed by atoms with E-state index in [1.54, 1.807) is 13.8 Å². The first-order valence-corrected chi connectivity index (χ1v) is 6.05. The van der Waals surface area contributed by atoms with Crippen LogP contribution in [0.3, 0.4) is 0 Å². The first kappa shape index (κ1) is 15.9. The Balaban J connectivity index is 2.73. The molecule has 0 bridgehead atoms. The molecule has 0 aliphatic heterocycles. The second kappa shape index (κ2) is 6.83. The molecule has 110 valence electrons. The number of amides is 1. The van der Waals surface area contributed by atoms with Gasteiger partial charge in [0.05, 0.1) is 12.5 Å². The average Bonchev–Trinajstić information content (AvgIpc) is 2.39. The van der Waals surface area contributed by atoms with E-state index in [0.29, 0.717) is 5.56 Å². The number of benzene rings is 1. The molecule has 20 heavy (non-hydrogen) atoms. The van der Waals surface area contributed by atoms with Crippen LogP contribution in [0.5, 0.6) is 0 Å². The molecule has 7 heteroatoms. The average molecular weight is 285 g/mol. The minimum atomic E-state index is -1.01. The quantitative estimate of drug-likeness (QED) is 0.331. The highest BCUT2D eigenvalue weighted by Crippen LogP contribution is 2.10. The summed E-state index contributed by atoms with van der Waals surface area (Å²) in [5, 5.41) is 14.1.